The summed E-state index contributed by atoms with van der Waals surface area (Å²) in [6.45, 7) is 14.0. The summed E-state index contributed by atoms with van der Waals surface area (Å²) in [4.78, 5) is 47.2. The molecule has 1 aliphatic carbocycles. The fraction of sp³-hybridized carbons (Fsp3) is 0.917. The highest BCUT2D eigenvalue weighted by atomic mass is 16.6. The number of carbonyl (C=O) groups excluding carboxylic acids is 4. The minimum atomic E-state index is -0.352. The number of unbranched alkanes of at least 4 members (excludes halogenated alkanes) is 21. The Labute approximate surface area is 357 Å². The first-order valence-corrected chi connectivity index (χ1v) is 23.8. The number of aliphatic hydroxyl groups excluding tert-OH is 1. The van der Waals surface area contributed by atoms with Crippen LogP contribution >= 0.6 is 0 Å². The molecule has 0 bridgehead atoms. The molecule has 10 heteroatoms. The summed E-state index contributed by atoms with van der Waals surface area (Å²) in [5, 5.41) is 12.9. The second-order valence-electron chi connectivity index (χ2n) is 17.4. The first-order valence-electron chi connectivity index (χ1n) is 23.8. The maximum absolute atomic E-state index is 12.5. The van der Waals surface area contributed by atoms with E-state index in [1.807, 2.05) is 13.8 Å². The second-order valence-corrected chi connectivity index (χ2v) is 17.4. The fourth-order valence-corrected chi connectivity index (χ4v) is 7.09. The maximum atomic E-state index is 12.5. The number of amides is 2. The van der Waals surface area contributed by atoms with Crippen LogP contribution < -0.4 is 10.6 Å². The van der Waals surface area contributed by atoms with Crippen LogP contribution in [0.25, 0.3) is 0 Å². The zero-order valence-corrected chi connectivity index (χ0v) is 39.1. The standard InChI is InChI=1S/C33H62N2O6.C14H28O.CH4O/c1-7-8-9-10-11-12-13-14-15-16-17-18-32(38)41-29-24-27(23-28(29)39-6)35-31(37)20-19-30(36)34-22-21-33(4,5)40-25-26(2)3;1-2-3-4-5-6-7-8-9-10-11-12-13-14-15;1-2/h26-29H,7-25H2,1-6H3,(H,34,36)(H,35,37);14H,2-13H2,1H3;2H,1H3. The van der Waals surface area contributed by atoms with Gasteiger partial charge < -0.3 is 34.7 Å². The molecule has 1 saturated carbocycles. The average molecular weight is 827 g/mol. The number of rotatable bonds is 36. The molecule has 3 unspecified atom stereocenters. The van der Waals surface area contributed by atoms with Gasteiger partial charge in [0.2, 0.25) is 11.8 Å². The van der Waals surface area contributed by atoms with Crippen LogP contribution in [-0.2, 0) is 33.4 Å². The van der Waals surface area contributed by atoms with Crippen LogP contribution in [0, 0.1) is 5.92 Å². The molecular weight excluding hydrogens is 733 g/mol. The van der Waals surface area contributed by atoms with Crippen molar-refractivity contribution < 1.29 is 38.5 Å². The lowest BCUT2D eigenvalue weighted by molar-refractivity contribution is -0.154. The number of ether oxygens (including phenoxy) is 3. The predicted molar refractivity (Wildman–Crippen MR) is 240 cm³/mol. The van der Waals surface area contributed by atoms with Crippen molar-refractivity contribution in [2.45, 2.75) is 252 Å². The molecule has 344 valence electrons. The Hall–Kier alpha value is -2.04. The summed E-state index contributed by atoms with van der Waals surface area (Å²) in [7, 11) is 2.61. The van der Waals surface area contributed by atoms with Gasteiger partial charge in [0.1, 0.15) is 12.4 Å². The van der Waals surface area contributed by atoms with Crippen molar-refractivity contribution in [2.24, 2.45) is 5.92 Å². The van der Waals surface area contributed by atoms with Crippen LogP contribution in [0.3, 0.4) is 0 Å². The van der Waals surface area contributed by atoms with Crippen LogP contribution in [0.4, 0.5) is 0 Å². The van der Waals surface area contributed by atoms with E-state index in [0.717, 1.165) is 39.1 Å². The van der Waals surface area contributed by atoms with Gasteiger partial charge in [-0.1, -0.05) is 156 Å². The Kier molecular flexibility index (Phi) is 41.7. The number of hydrogen-bond donors (Lipinski definition) is 3. The largest absolute Gasteiger partial charge is 0.460 e. The fourth-order valence-electron chi connectivity index (χ4n) is 7.09. The molecule has 0 radical (unpaired) electrons. The van der Waals surface area contributed by atoms with Crippen LogP contribution in [-0.4, -0.2) is 80.4 Å². The van der Waals surface area contributed by atoms with Crippen molar-refractivity contribution in [2.75, 3.05) is 27.4 Å². The van der Waals surface area contributed by atoms with Crippen molar-refractivity contribution in [3.8, 4) is 0 Å². The highest BCUT2D eigenvalue weighted by molar-refractivity contribution is 5.83. The Morgan fingerprint density at radius 2 is 1.12 bits per heavy atom. The SMILES string of the molecule is CCCCCCCCCCCCCC(=O)OC1CC(NC(=O)CCC(=O)NCCC(C)(C)OCC(C)C)CC1OC.CCCCCCCCCCCCCC=O.CO. The summed E-state index contributed by atoms with van der Waals surface area (Å²) in [6, 6.07) is -0.130. The Morgan fingerprint density at radius 3 is 1.59 bits per heavy atom. The van der Waals surface area contributed by atoms with E-state index in [9.17, 15) is 19.2 Å². The molecule has 3 atom stereocenters. The highest BCUT2D eigenvalue weighted by Crippen LogP contribution is 2.26. The quantitative estimate of drug-likeness (QED) is 0.0322. The normalized spacial score (nSPS) is 16.2. The van der Waals surface area contributed by atoms with Gasteiger partial charge in [-0.15, -0.1) is 0 Å². The van der Waals surface area contributed by atoms with Crippen LogP contribution in [0.2, 0.25) is 0 Å². The molecule has 1 fully saturated rings. The third-order valence-corrected chi connectivity index (χ3v) is 10.7. The molecule has 0 heterocycles. The lowest BCUT2D eigenvalue weighted by Crippen LogP contribution is -2.36. The molecule has 2 amide bonds. The molecule has 0 spiro atoms. The van der Waals surface area contributed by atoms with E-state index in [1.165, 1.54) is 122 Å². The van der Waals surface area contributed by atoms with Gasteiger partial charge in [0.25, 0.3) is 0 Å². The number of carbonyl (C=O) groups is 4. The van der Waals surface area contributed by atoms with Crippen LogP contribution in [0.15, 0.2) is 0 Å². The highest BCUT2D eigenvalue weighted by Gasteiger charge is 2.37. The molecule has 1 rings (SSSR count). The van der Waals surface area contributed by atoms with Crippen molar-refractivity contribution in [1.82, 2.24) is 10.6 Å². The van der Waals surface area contributed by atoms with E-state index < -0.39 is 0 Å². The molecule has 0 saturated heterocycles. The molecule has 3 N–H and O–H groups in total. The van der Waals surface area contributed by atoms with Crippen molar-refractivity contribution >= 4 is 24.1 Å². The minimum absolute atomic E-state index is 0.122. The monoisotopic (exact) mass is 827 g/mol. The van der Waals surface area contributed by atoms with E-state index >= 15 is 0 Å². The van der Waals surface area contributed by atoms with Crippen molar-refractivity contribution in [3.05, 3.63) is 0 Å². The van der Waals surface area contributed by atoms with Gasteiger partial charge in [0.15, 0.2) is 0 Å². The Balaban J connectivity index is 0. The first kappa shape index (κ1) is 58.1. The average Bonchev–Trinajstić information content (AvgIpc) is 3.58. The molecule has 58 heavy (non-hydrogen) atoms. The van der Waals surface area contributed by atoms with Crippen molar-refractivity contribution in [3.63, 3.8) is 0 Å². The lowest BCUT2D eigenvalue weighted by atomic mass is 10.0. The zero-order chi connectivity index (χ0) is 43.7. The summed E-state index contributed by atoms with van der Waals surface area (Å²) in [5.74, 6) is -0.0406. The third kappa shape index (κ3) is 38.2. The van der Waals surface area contributed by atoms with Gasteiger partial charge in [-0.2, -0.15) is 0 Å². The molecule has 0 aromatic rings. The van der Waals surface area contributed by atoms with Crippen molar-refractivity contribution in [1.29, 1.82) is 0 Å². The smallest absolute Gasteiger partial charge is 0.306 e. The van der Waals surface area contributed by atoms with Gasteiger partial charge in [-0.05, 0) is 45.4 Å². The number of aliphatic hydroxyl groups is 1. The van der Waals surface area contributed by atoms with E-state index in [4.69, 9.17) is 19.3 Å². The van der Waals surface area contributed by atoms with Gasteiger partial charge in [0, 0.05) is 65.5 Å². The maximum Gasteiger partial charge on any atom is 0.306 e. The van der Waals surface area contributed by atoms with Gasteiger partial charge in [-0.3, -0.25) is 14.4 Å². The van der Waals surface area contributed by atoms with E-state index in [-0.39, 0.29) is 54.5 Å². The summed E-state index contributed by atoms with van der Waals surface area (Å²) in [5.41, 5.74) is -0.303. The van der Waals surface area contributed by atoms with Crippen LogP contribution in [0.1, 0.15) is 228 Å². The van der Waals surface area contributed by atoms with E-state index in [2.05, 4.69) is 38.3 Å². The van der Waals surface area contributed by atoms with Gasteiger partial charge >= 0.3 is 5.97 Å². The molecule has 0 aromatic carbocycles. The van der Waals surface area contributed by atoms with Crippen LogP contribution in [0.5, 0.6) is 0 Å². The number of hydrogen-bond acceptors (Lipinski definition) is 8. The zero-order valence-electron chi connectivity index (χ0n) is 39.1. The minimum Gasteiger partial charge on any atom is -0.460 e. The third-order valence-electron chi connectivity index (χ3n) is 10.7. The molecule has 1 aliphatic rings. The van der Waals surface area contributed by atoms with Gasteiger partial charge in [-0.25, -0.2) is 0 Å². The summed E-state index contributed by atoms with van der Waals surface area (Å²) < 4.78 is 17.2. The Morgan fingerprint density at radius 1 is 0.672 bits per heavy atom. The topological polar surface area (TPSA) is 140 Å². The predicted octanol–water partition coefficient (Wildman–Crippen LogP) is 11.1. The summed E-state index contributed by atoms with van der Waals surface area (Å²) >= 11 is 0. The Bertz CT molecular complexity index is 960. The van der Waals surface area contributed by atoms with E-state index in [1.54, 1.807) is 7.11 Å². The second kappa shape index (κ2) is 41.7. The molecule has 0 aromatic heterocycles. The summed E-state index contributed by atoms with van der Waals surface area (Å²) in [6.07, 6.45) is 32.3. The number of esters is 1. The molecule has 10 nitrogen and oxygen atoms in total. The number of nitrogens with one attached hydrogen (secondary N) is 2. The molecule has 0 aliphatic heterocycles. The lowest BCUT2D eigenvalue weighted by Gasteiger charge is -2.26. The van der Waals surface area contributed by atoms with E-state index in [0.29, 0.717) is 44.8 Å². The molecular formula is C48H94N2O8. The van der Waals surface area contributed by atoms with Gasteiger partial charge in [0.05, 0.1) is 11.7 Å². The number of methoxy groups -OCH3 is 1. The first-order chi connectivity index (χ1) is 28.0. The number of aldehydes is 1.